The SMILES string of the molecule is Cc1ccc(C(=O)N2CCn3cc(CN4CCCC4)nc3C2)o1.O=C(O)C(F)(F)F. The standard InChI is InChI=1S/C17H22N4O2.C2HF3O2/c1-13-4-5-15(23-13)17(22)21-9-8-20-11-14(18-16(20)12-21)10-19-6-2-3-7-19;3-2(4,5)1(6)7/h4-5,11H,2-3,6-10,12H2,1H3;(H,6,7). The predicted octanol–water partition coefficient (Wildman–Crippen LogP) is 2.67. The van der Waals surface area contributed by atoms with Gasteiger partial charge in [0.2, 0.25) is 0 Å². The number of carboxylic acids is 1. The maximum absolute atomic E-state index is 12.5. The maximum Gasteiger partial charge on any atom is 0.490 e. The van der Waals surface area contributed by atoms with Gasteiger partial charge in [-0.2, -0.15) is 13.2 Å². The number of alkyl halides is 3. The monoisotopic (exact) mass is 428 g/mol. The second-order valence-electron chi connectivity index (χ2n) is 7.27. The van der Waals surface area contributed by atoms with Crippen molar-refractivity contribution in [2.75, 3.05) is 19.6 Å². The van der Waals surface area contributed by atoms with Gasteiger partial charge in [-0.15, -0.1) is 0 Å². The third kappa shape index (κ3) is 5.41. The fourth-order valence-corrected chi connectivity index (χ4v) is 3.44. The molecule has 8 nitrogen and oxygen atoms in total. The lowest BCUT2D eigenvalue weighted by atomic mass is 10.3. The number of carboxylic acid groups (broad SMARTS) is 1. The number of hydrogen-bond donors (Lipinski definition) is 1. The van der Waals surface area contributed by atoms with E-state index in [2.05, 4.69) is 15.7 Å². The molecule has 0 atom stereocenters. The molecule has 11 heteroatoms. The molecule has 30 heavy (non-hydrogen) atoms. The van der Waals surface area contributed by atoms with E-state index in [1.165, 1.54) is 25.9 Å². The largest absolute Gasteiger partial charge is 0.490 e. The molecule has 2 aliphatic heterocycles. The number of likely N-dealkylation sites (tertiary alicyclic amines) is 1. The first-order valence-corrected chi connectivity index (χ1v) is 9.56. The lowest BCUT2D eigenvalue weighted by Gasteiger charge is -2.26. The average molecular weight is 428 g/mol. The summed E-state index contributed by atoms with van der Waals surface area (Å²) in [6.45, 7) is 7.17. The summed E-state index contributed by atoms with van der Waals surface area (Å²) < 4.78 is 39.4. The lowest BCUT2D eigenvalue weighted by Crippen LogP contribution is -2.38. The van der Waals surface area contributed by atoms with Gasteiger partial charge in [0.25, 0.3) is 5.91 Å². The van der Waals surface area contributed by atoms with E-state index >= 15 is 0 Å². The van der Waals surface area contributed by atoms with Crippen molar-refractivity contribution in [3.8, 4) is 0 Å². The highest BCUT2D eigenvalue weighted by molar-refractivity contribution is 5.91. The van der Waals surface area contributed by atoms with Crippen molar-refractivity contribution in [1.82, 2.24) is 19.4 Å². The van der Waals surface area contributed by atoms with Crippen molar-refractivity contribution < 1.29 is 32.3 Å². The van der Waals surface area contributed by atoms with Crippen LogP contribution in [0.4, 0.5) is 13.2 Å². The van der Waals surface area contributed by atoms with Crippen LogP contribution in [0.3, 0.4) is 0 Å². The van der Waals surface area contributed by atoms with Gasteiger partial charge in [0.1, 0.15) is 11.6 Å². The molecule has 164 valence electrons. The summed E-state index contributed by atoms with van der Waals surface area (Å²) in [6, 6.07) is 3.57. The number of imidazole rings is 1. The van der Waals surface area contributed by atoms with E-state index in [1.807, 2.05) is 17.9 Å². The van der Waals surface area contributed by atoms with Crippen LogP contribution in [0.2, 0.25) is 0 Å². The number of aliphatic carboxylic acids is 1. The highest BCUT2D eigenvalue weighted by atomic mass is 19.4. The van der Waals surface area contributed by atoms with Crippen LogP contribution in [0.1, 0.15) is 40.7 Å². The highest BCUT2D eigenvalue weighted by Gasteiger charge is 2.38. The van der Waals surface area contributed by atoms with Gasteiger partial charge in [-0.1, -0.05) is 0 Å². The van der Waals surface area contributed by atoms with Gasteiger partial charge in [0.05, 0.1) is 12.2 Å². The van der Waals surface area contributed by atoms with Gasteiger partial charge < -0.3 is 19.0 Å². The second kappa shape index (κ2) is 8.90. The minimum absolute atomic E-state index is 0.0477. The Kier molecular flexibility index (Phi) is 6.49. The Labute approximate surface area is 170 Å². The number of furan rings is 1. The number of aromatic nitrogens is 2. The van der Waals surface area contributed by atoms with E-state index in [-0.39, 0.29) is 5.91 Å². The molecule has 0 aromatic carbocycles. The quantitative estimate of drug-likeness (QED) is 0.808. The summed E-state index contributed by atoms with van der Waals surface area (Å²) in [4.78, 5) is 30.4. The highest BCUT2D eigenvalue weighted by Crippen LogP contribution is 2.19. The van der Waals surface area contributed by atoms with E-state index in [4.69, 9.17) is 19.3 Å². The number of fused-ring (bicyclic) bond motifs is 1. The second-order valence-corrected chi connectivity index (χ2v) is 7.27. The van der Waals surface area contributed by atoms with Gasteiger partial charge in [0, 0.05) is 25.8 Å². The molecule has 0 aliphatic carbocycles. The number of amides is 1. The minimum atomic E-state index is -5.08. The van der Waals surface area contributed by atoms with Crippen molar-refractivity contribution in [3.63, 3.8) is 0 Å². The zero-order valence-corrected chi connectivity index (χ0v) is 16.5. The molecule has 2 aromatic rings. The number of nitrogens with zero attached hydrogens (tertiary/aromatic N) is 4. The first kappa shape index (κ1) is 21.9. The summed E-state index contributed by atoms with van der Waals surface area (Å²) in [7, 11) is 0. The Morgan fingerprint density at radius 2 is 1.83 bits per heavy atom. The number of carbonyl (C=O) groups excluding carboxylic acids is 1. The van der Waals surface area contributed by atoms with Crippen LogP contribution < -0.4 is 0 Å². The molecule has 0 radical (unpaired) electrons. The number of hydrogen-bond acceptors (Lipinski definition) is 5. The van der Waals surface area contributed by atoms with Crippen LogP contribution in [-0.4, -0.2) is 62.1 Å². The zero-order chi connectivity index (χ0) is 21.9. The maximum atomic E-state index is 12.5. The normalized spacial score (nSPS) is 16.7. The Hall–Kier alpha value is -2.82. The smallest absolute Gasteiger partial charge is 0.475 e. The number of halogens is 3. The Morgan fingerprint density at radius 3 is 2.40 bits per heavy atom. The van der Waals surface area contributed by atoms with Gasteiger partial charge in [-0.05, 0) is 45.0 Å². The van der Waals surface area contributed by atoms with Gasteiger partial charge >= 0.3 is 12.1 Å². The molecule has 0 bridgehead atoms. The van der Waals surface area contributed by atoms with E-state index < -0.39 is 12.1 Å². The third-order valence-corrected chi connectivity index (χ3v) is 4.92. The van der Waals surface area contributed by atoms with E-state index in [9.17, 15) is 18.0 Å². The number of rotatable bonds is 3. The molecule has 4 rings (SSSR count). The van der Waals surface area contributed by atoms with Crippen LogP contribution >= 0.6 is 0 Å². The molecule has 1 saturated heterocycles. The van der Waals surface area contributed by atoms with Crippen molar-refractivity contribution in [2.45, 2.75) is 45.6 Å². The summed E-state index contributed by atoms with van der Waals surface area (Å²) in [5, 5.41) is 7.12. The van der Waals surface area contributed by atoms with E-state index in [1.54, 1.807) is 6.07 Å². The third-order valence-electron chi connectivity index (χ3n) is 4.92. The summed E-state index contributed by atoms with van der Waals surface area (Å²) in [6.07, 6.45) is -0.358. The molecular formula is C19H23F3N4O4. The van der Waals surface area contributed by atoms with Crippen molar-refractivity contribution >= 4 is 11.9 Å². The Morgan fingerprint density at radius 1 is 1.17 bits per heavy atom. The van der Waals surface area contributed by atoms with Crippen molar-refractivity contribution in [2.24, 2.45) is 0 Å². The topological polar surface area (TPSA) is 91.8 Å². The predicted molar refractivity (Wildman–Crippen MR) is 98.6 cm³/mol. The molecule has 4 heterocycles. The number of carbonyl (C=O) groups is 2. The Bertz CT molecular complexity index is 900. The van der Waals surface area contributed by atoms with Crippen LogP contribution in [0.25, 0.3) is 0 Å². The molecule has 1 N–H and O–H groups in total. The molecule has 1 fully saturated rings. The Balaban J connectivity index is 0.000000318. The molecule has 0 spiro atoms. The van der Waals surface area contributed by atoms with Crippen LogP contribution in [0, 0.1) is 6.92 Å². The zero-order valence-electron chi connectivity index (χ0n) is 16.5. The first-order valence-electron chi connectivity index (χ1n) is 9.56. The molecule has 2 aromatic heterocycles. The average Bonchev–Trinajstić information content (AvgIpc) is 3.41. The first-order chi connectivity index (χ1) is 14.1. The molecule has 2 aliphatic rings. The van der Waals surface area contributed by atoms with Gasteiger partial charge in [-0.3, -0.25) is 9.69 Å². The fourth-order valence-electron chi connectivity index (χ4n) is 3.44. The summed E-state index contributed by atoms with van der Waals surface area (Å²) in [5.74, 6) is -0.650. The molecular weight excluding hydrogens is 405 g/mol. The lowest BCUT2D eigenvalue weighted by molar-refractivity contribution is -0.192. The van der Waals surface area contributed by atoms with E-state index in [0.717, 1.165) is 30.4 Å². The van der Waals surface area contributed by atoms with Crippen molar-refractivity contribution in [1.29, 1.82) is 0 Å². The number of aryl methyl sites for hydroxylation is 1. The minimum Gasteiger partial charge on any atom is -0.475 e. The molecule has 0 saturated carbocycles. The molecule has 0 unspecified atom stereocenters. The molecule has 1 amide bonds. The van der Waals surface area contributed by atoms with Crippen LogP contribution in [0.15, 0.2) is 22.7 Å². The van der Waals surface area contributed by atoms with E-state index in [0.29, 0.717) is 18.8 Å². The summed E-state index contributed by atoms with van der Waals surface area (Å²) >= 11 is 0. The van der Waals surface area contributed by atoms with Crippen molar-refractivity contribution in [3.05, 3.63) is 41.4 Å². The van der Waals surface area contributed by atoms with Gasteiger partial charge in [0.15, 0.2) is 5.76 Å². The summed E-state index contributed by atoms with van der Waals surface area (Å²) in [5.41, 5.74) is 1.12. The van der Waals surface area contributed by atoms with Crippen LogP contribution in [0.5, 0.6) is 0 Å². The fraction of sp³-hybridized carbons (Fsp3) is 0.526. The van der Waals surface area contributed by atoms with Crippen LogP contribution in [-0.2, 0) is 24.4 Å². The van der Waals surface area contributed by atoms with Gasteiger partial charge in [-0.25, -0.2) is 9.78 Å².